The Labute approximate surface area is 190 Å². The van der Waals surface area contributed by atoms with E-state index in [1.165, 1.54) is 13.0 Å². The lowest BCUT2D eigenvalue weighted by atomic mass is 10.0. The van der Waals surface area contributed by atoms with Crippen LogP contribution in [0, 0.1) is 5.92 Å². The van der Waals surface area contributed by atoms with Crippen molar-refractivity contribution in [2.45, 2.75) is 84.3 Å². The number of aliphatic carboxylic acids is 1. The fourth-order valence-corrected chi connectivity index (χ4v) is 2.64. The van der Waals surface area contributed by atoms with Crippen molar-refractivity contribution in [1.82, 2.24) is 10.2 Å². The number of carboxylic acid groups (broad SMARTS) is 1. The first-order valence-electron chi connectivity index (χ1n) is 12.0. The molecule has 0 bridgehead atoms. The molecule has 0 saturated heterocycles. The summed E-state index contributed by atoms with van der Waals surface area (Å²) in [5.74, 6) is -3.62. The molecule has 0 spiro atoms. The second kappa shape index (κ2) is 14.4. The van der Waals surface area contributed by atoms with E-state index in [0.717, 1.165) is 32.1 Å². The van der Waals surface area contributed by atoms with E-state index in [2.05, 4.69) is 23.5 Å². The molecular weight excluding hydrogens is 398 g/mol. The lowest BCUT2D eigenvalue weighted by Crippen LogP contribution is -2.52. The predicted octanol–water partition coefficient (Wildman–Crippen LogP) is 4.52. The maximum Gasteiger partial charge on any atom is 0.437 e. The fraction of sp³-hybridized carbons (Fsp3) is 0.652. The number of carbonyl (C=O) groups is 3. The molecule has 0 aromatic heterocycles. The summed E-state index contributed by atoms with van der Waals surface area (Å²) < 4.78 is 28.8. The number of hydrogen-bond donors (Lipinski definition) is 2. The molecule has 0 saturated carbocycles. The van der Waals surface area contributed by atoms with Crippen LogP contribution in [0.4, 0.5) is 4.79 Å². The molecule has 2 unspecified atom stereocenters. The van der Waals surface area contributed by atoms with Gasteiger partial charge >= 0.3 is 12.1 Å². The summed E-state index contributed by atoms with van der Waals surface area (Å²) in [4.78, 5) is 41.0. The van der Waals surface area contributed by atoms with Gasteiger partial charge in [-0.25, -0.2) is 9.59 Å². The van der Waals surface area contributed by atoms with Gasteiger partial charge in [-0.2, -0.15) is 0 Å². The Bertz CT molecular complexity index is 745. The molecule has 0 rings (SSSR count). The SMILES string of the molecule is [2H]C([2H])([2H])N(C(=NC(=O)OC(C)(C)C)NC(=O)CCCCCCCC=C)C(C(=O)O)C(C)C=C. The van der Waals surface area contributed by atoms with Crippen LogP contribution in [-0.4, -0.2) is 52.6 Å². The number of amides is 2. The van der Waals surface area contributed by atoms with Crippen molar-refractivity contribution < 1.29 is 28.3 Å². The van der Waals surface area contributed by atoms with Crippen molar-refractivity contribution in [2.75, 3.05) is 6.98 Å². The molecular formula is C23H39N3O5. The van der Waals surface area contributed by atoms with E-state index in [1.54, 1.807) is 20.8 Å². The molecule has 0 aromatic rings. The van der Waals surface area contributed by atoms with Gasteiger partial charge in [0.1, 0.15) is 11.6 Å². The molecule has 8 heteroatoms. The van der Waals surface area contributed by atoms with Crippen LogP contribution in [0.1, 0.15) is 76.8 Å². The van der Waals surface area contributed by atoms with E-state index in [1.807, 2.05) is 6.08 Å². The zero-order valence-corrected chi connectivity index (χ0v) is 19.1. The number of aliphatic imine (C=N–C) groups is 1. The molecule has 8 nitrogen and oxygen atoms in total. The molecule has 0 radical (unpaired) electrons. The molecule has 176 valence electrons. The summed E-state index contributed by atoms with van der Waals surface area (Å²) >= 11 is 0. The van der Waals surface area contributed by atoms with Crippen molar-refractivity contribution in [3.8, 4) is 0 Å². The predicted molar refractivity (Wildman–Crippen MR) is 123 cm³/mol. The summed E-state index contributed by atoms with van der Waals surface area (Å²) in [5, 5.41) is 12.1. The number of allylic oxidation sites excluding steroid dienone is 1. The minimum atomic E-state index is -3.04. The summed E-state index contributed by atoms with van der Waals surface area (Å²) in [5.41, 5.74) is -0.938. The van der Waals surface area contributed by atoms with E-state index in [9.17, 15) is 19.5 Å². The number of guanidine groups is 1. The lowest BCUT2D eigenvalue weighted by molar-refractivity contribution is -0.142. The Morgan fingerprint density at radius 1 is 1.19 bits per heavy atom. The maximum atomic E-state index is 12.6. The Balaban J connectivity index is 5.84. The number of carboxylic acids is 1. The Morgan fingerprint density at radius 2 is 1.81 bits per heavy atom. The Morgan fingerprint density at radius 3 is 2.32 bits per heavy atom. The number of ether oxygens (including phenoxy) is 1. The van der Waals surface area contributed by atoms with Crippen LogP contribution in [0.15, 0.2) is 30.3 Å². The highest BCUT2D eigenvalue weighted by Gasteiger charge is 2.31. The fourth-order valence-electron chi connectivity index (χ4n) is 2.64. The first kappa shape index (κ1) is 23.0. The first-order valence-corrected chi connectivity index (χ1v) is 10.5. The van der Waals surface area contributed by atoms with Gasteiger partial charge in [-0.15, -0.1) is 18.2 Å². The smallest absolute Gasteiger partial charge is 0.437 e. The minimum Gasteiger partial charge on any atom is -0.480 e. The molecule has 0 aliphatic carbocycles. The molecule has 0 aliphatic heterocycles. The van der Waals surface area contributed by atoms with Gasteiger partial charge in [0.15, 0.2) is 0 Å². The number of hydrogen-bond acceptors (Lipinski definition) is 4. The number of nitrogens with one attached hydrogen (secondary N) is 1. The van der Waals surface area contributed by atoms with Crippen molar-refractivity contribution in [3.05, 3.63) is 25.3 Å². The van der Waals surface area contributed by atoms with E-state index in [4.69, 9.17) is 8.85 Å². The minimum absolute atomic E-state index is 0.0540. The van der Waals surface area contributed by atoms with Crippen LogP contribution >= 0.6 is 0 Å². The molecule has 2 amide bonds. The van der Waals surface area contributed by atoms with Gasteiger partial charge in [-0.05, 0) is 40.0 Å². The monoisotopic (exact) mass is 440 g/mol. The maximum absolute atomic E-state index is 12.6. The Hall–Kier alpha value is -2.64. The summed E-state index contributed by atoms with van der Waals surface area (Å²) in [6, 6.07) is -1.67. The average Bonchev–Trinajstić information content (AvgIpc) is 2.67. The van der Waals surface area contributed by atoms with Gasteiger partial charge < -0.3 is 14.7 Å². The van der Waals surface area contributed by atoms with E-state index in [0.29, 0.717) is 11.3 Å². The summed E-state index contributed by atoms with van der Waals surface area (Å²) in [6.07, 6.45) is 7.25. The quantitative estimate of drug-likeness (QED) is 0.200. The van der Waals surface area contributed by atoms with E-state index < -0.39 is 48.5 Å². The number of unbranched alkanes of at least 4 members (excludes halogenated alkanes) is 5. The third-order valence-corrected chi connectivity index (χ3v) is 4.28. The van der Waals surface area contributed by atoms with Crippen LogP contribution in [0.2, 0.25) is 0 Å². The van der Waals surface area contributed by atoms with Gasteiger partial charge in [0.2, 0.25) is 11.9 Å². The first-order chi connectivity index (χ1) is 15.6. The molecule has 2 N–H and O–H groups in total. The van der Waals surface area contributed by atoms with Crippen molar-refractivity contribution in [3.63, 3.8) is 0 Å². The van der Waals surface area contributed by atoms with Gasteiger partial charge in [0.25, 0.3) is 0 Å². The highest BCUT2D eigenvalue weighted by molar-refractivity contribution is 6.02. The number of carbonyl (C=O) groups excluding carboxylic acids is 2. The van der Waals surface area contributed by atoms with Gasteiger partial charge in [0, 0.05) is 23.4 Å². The van der Waals surface area contributed by atoms with Crippen molar-refractivity contribution in [2.24, 2.45) is 10.9 Å². The zero-order valence-electron chi connectivity index (χ0n) is 22.1. The molecule has 2 atom stereocenters. The summed E-state index contributed by atoms with van der Waals surface area (Å²) in [6.45, 7) is 10.4. The molecule has 31 heavy (non-hydrogen) atoms. The highest BCUT2D eigenvalue weighted by Crippen LogP contribution is 2.14. The van der Waals surface area contributed by atoms with E-state index in [-0.39, 0.29) is 6.42 Å². The topological polar surface area (TPSA) is 108 Å². The summed E-state index contributed by atoms with van der Waals surface area (Å²) in [7, 11) is 0. The van der Waals surface area contributed by atoms with Gasteiger partial charge in [-0.1, -0.05) is 38.3 Å². The standard InChI is InChI=1S/C23H39N3O5/c1-8-10-11-12-13-14-15-16-18(27)24-21(25-22(30)31-23(4,5)6)26(7)19(20(28)29)17(3)9-2/h8-9,17,19H,1-2,10-16H2,3-7H3,(H,28,29)(H,24,25,27,30)/i7D3. The molecule has 0 aliphatic rings. The van der Waals surface area contributed by atoms with Crippen molar-refractivity contribution >= 4 is 23.9 Å². The number of rotatable bonds is 12. The van der Waals surface area contributed by atoms with Gasteiger partial charge in [-0.3, -0.25) is 10.1 Å². The van der Waals surface area contributed by atoms with Gasteiger partial charge in [0.05, 0.1) is 0 Å². The largest absolute Gasteiger partial charge is 0.480 e. The Kier molecular flexibility index (Phi) is 10.7. The van der Waals surface area contributed by atoms with Crippen LogP contribution in [0.3, 0.4) is 0 Å². The third-order valence-electron chi connectivity index (χ3n) is 4.28. The number of nitrogens with zero attached hydrogens (tertiary/aromatic N) is 2. The highest BCUT2D eigenvalue weighted by atomic mass is 16.6. The average molecular weight is 441 g/mol. The number of likely N-dealkylation sites (N-methyl/N-ethyl adjacent to an activating group) is 1. The molecule has 0 heterocycles. The van der Waals surface area contributed by atoms with Crippen molar-refractivity contribution in [1.29, 1.82) is 0 Å². The second-order valence-corrected chi connectivity index (χ2v) is 8.31. The van der Waals surface area contributed by atoms with Crippen LogP contribution < -0.4 is 5.32 Å². The van der Waals surface area contributed by atoms with Crippen LogP contribution in [0.5, 0.6) is 0 Å². The van der Waals surface area contributed by atoms with Crippen LogP contribution in [-0.2, 0) is 14.3 Å². The molecule has 0 fully saturated rings. The molecule has 0 aromatic carbocycles. The second-order valence-electron chi connectivity index (χ2n) is 8.31. The van der Waals surface area contributed by atoms with E-state index >= 15 is 0 Å². The van der Waals surface area contributed by atoms with Crippen LogP contribution in [0.25, 0.3) is 0 Å². The normalized spacial score (nSPS) is 15.5. The zero-order chi connectivity index (χ0) is 26.5. The third kappa shape index (κ3) is 12.6. The lowest BCUT2D eigenvalue weighted by Gasteiger charge is -2.30.